The third kappa shape index (κ3) is 3.21. The molecule has 0 aliphatic rings. The summed E-state index contributed by atoms with van der Waals surface area (Å²) in [6.07, 6.45) is 2.47. The van der Waals surface area contributed by atoms with Gasteiger partial charge in [0.1, 0.15) is 0 Å². The highest BCUT2D eigenvalue weighted by atomic mass is 15.1. The van der Waals surface area contributed by atoms with E-state index in [1.165, 1.54) is 19.4 Å². The van der Waals surface area contributed by atoms with Crippen LogP contribution in [0.15, 0.2) is 0 Å². The average Bonchev–Trinajstić information content (AvgIpc) is 1.99. The van der Waals surface area contributed by atoms with Crippen molar-refractivity contribution in [1.29, 1.82) is 0 Å². The van der Waals surface area contributed by atoms with Crippen molar-refractivity contribution in [3.05, 3.63) is 6.92 Å². The molecular formula is C9H20N. The standard InChI is InChI=1S/C9H20N/c1-5-8-10(7-3)9(4)6-2/h9H,3,5-8H2,1-2,4H3. The van der Waals surface area contributed by atoms with E-state index in [0.29, 0.717) is 6.04 Å². The molecule has 0 bridgehead atoms. The summed E-state index contributed by atoms with van der Waals surface area (Å²) >= 11 is 0. The van der Waals surface area contributed by atoms with Crippen molar-refractivity contribution in [3.8, 4) is 0 Å². The monoisotopic (exact) mass is 142 g/mol. The molecule has 0 aromatic carbocycles. The summed E-state index contributed by atoms with van der Waals surface area (Å²) in [5.74, 6) is 0. The Hall–Kier alpha value is -0.0400. The van der Waals surface area contributed by atoms with Gasteiger partial charge in [-0.15, -0.1) is 0 Å². The van der Waals surface area contributed by atoms with Crippen molar-refractivity contribution in [1.82, 2.24) is 4.90 Å². The Morgan fingerprint density at radius 2 is 2.00 bits per heavy atom. The number of rotatable bonds is 5. The smallest absolute Gasteiger partial charge is 0.00642 e. The van der Waals surface area contributed by atoms with Crippen LogP contribution in [0, 0.1) is 6.92 Å². The van der Waals surface area contributed by atoms with Crippen LogP contribution in [0.1, 0.15) is 33.6 Å². The SMILES string of the molecule is [CH2]CN(CCC)C(C)CC. The summed E-state index contributed by atoms with van der Waals surface area (Å²) < 4.78 is 0. The molecule has 0 aliphatic carbocycles. The van der Waals surface area contributed by atoms with Crippen LogP contribution in [0.25, 0.3) is 0 Å². The highest BCUT2D eigenvalue weighted by molar-refractivity contribution is 4.65. The van der Waals surface area contributed by atoms with E-state index in [1.54, 1.807) is 0 Å². The molecule has 1 atom stereocenters. The van der Waals surface area contributed by atoms with Gasteiger partial charge in [0.15, 0.2) is 0 Å². The number of nitrogens with zero attached hydrogens (tertiary/aromatic N) is 1. The highest BCUT2D eigenvalue weighted by Gasteiger charge is 2.06. The van der Waals surface area contributed by atoms with Gasteiger partial charge in [0.05, 0.1) is 0 Å². The lowest BCUT2D eigenvalue weighted by Crippen LogP contribution is -2.33. The van der Waals surface area contributed by atoms with Crippen LogP contribution < -0.4 is 0 Å². The van der Waals surface area contributed by atoms with Crippen molar-refractivity contribution in [3.63, 3.8) is 0 Å². The first-order chi connectivity index (χ1) is 4.76. The molecule has 0 rings (SSSR count). The van der Waals surface area contributed by atoms with E-state index in [2.05, 4.69) is 32.6 Å². The van der Waals surface area contributed by atoms with Crippen LogP contribution in [-0.2, 0) is 0 Å². The van der Waals surface area contributed by atoms with Crippen molar-refractivity contribution in [2.45, 2.75) is 39.7 Å². The topological polar surface area (TPSA) is 3.24 Å². The van der Waals surface area contributed by atoms with E-state index in [-0.39, 0.29) is 0 Å². The molecule has 0 spiro atoms. The molecule has 0 aliphatic heterocycles. The molecule has 0 amide bonds. The maximum absolute atomic E-state index is 3.90. The predicted molar refractivity (Wildman–Crippen MR) is 47.0 cm³/mol. The van der Waals surface area contributed by atoms with E-state index >= 15 is 0 Å². The largest absolute Gasteiger partial charge is 0.301 e. The van der Waals surface area contributed by atoms with E-state index in [4.69, 9.17) is 0 Å². The Labute approximate surface area is 65.4 Å². The van der Waals surface area contributed by atoms with Gasteiger partial charge in [0.2, 0.25) is 0 Å². The molecule has 0 heterocycles. The summed E-state index contributed by atoms with van der Waals surface area (Å²) in [7, 11) is 0. The minimum atomic E-state index is 0.706. The van der Waals surface area contributed by atoms with Crippen molar-refractivity contribution in [2.75, 3.05) is 13.1 Å². The van der Waals surface area contributed by atoms with Gasteiger partial charge in [-0.05, 0) is 39.8 Å². The number of hydrogen-bond donors (Lipinski definition) is 0. The van der Waals surface area contributed by atoms with Crippen LogP contribution in [0.5, 0.6) is 0 Å². The van der Waals surface area contributed by atoms with Crippen LogP contribution in [0.4, 0.5) is 0 Å². The first-order valence-electron chi connectivity index (χ1n) is 4.29. The fraction of sp³-hybridized carbons (Fsp3) is 0.889. The lowest BCUT2D eigenvalue weighted by atomic mass is 10.2. The van der Waals surface area contributed by atoms with Crippen molar-refractivity contribution in [2.24, 2.45) is 0 Å². The van der Waals surface area contributed by atoms with Gasteiger partial charge in [-0.25, -0.2) is 0 Å². The lowest BCUT2D eigenvalue weighted by molar-refractivity contribution is 0.225. The second kappa shape index (κ2) is 5.72. The maximum Gasteiger partial charge on any atom is 0.00642 e. The molecule has 0 N–H and O–H groups in total. The van der Waals surface area contributed by atoms with Gasteiger partial charge in [0, 0.05) is 6.04 Å². The highest BCUT2D eigenvalue weighted by Crippen LogP contribution is 2.02. The van der Waals surface area contributed by atoms with Gasteiger partial charge >= 0.3 is 0 Å². The summed E-state index contributed by atoms with van der Waals surface area (Å²) in [6, 6.07) is 0.706. The molecule has 1 nitrogen and oxygen atoms in total. The zero-order chi connectivity index (χ0) is 7.98. The molecule has 1 radical (unpaired) electrons. The molecule has 10 heavy (non-hydrogen) atoms. The van der Waals surface area contributed by atoms with Crippen LogP contribution in [0.2, 0.25) is 0 Å². The summed E-state index contributed by atoms with van der Waals surface area (Å²) in [4.78, 5) is 2.42. The minimum Gasteiger partial charge on any atom is -0.301 e. The Morgan fingerprint density at radius 1 is 1.40 bits per heavy atom. The zero-order valence-electron chi connectivity index (χ0n) is 7.56. The Balaban J connectivity index is 3.56. The Kier molecular flexibility index (Phi) is 5.70. The molecule has 0 fully saturated rings. The van der Waals surface area contributed by atoms with Gasteiger partial charge in [-0.3, -0.25) is 0 Å². The normalized spacial score (nSPS) is 14.1. The molecule has 0 aromatic rings. The van der Waals surface area contributed by atoms with Crippen LogP contribution >= 0.6 is 0 Å². The molecule has 1 heteroatoms. The quantitative estimate of drug-likeness (QED) is 0.569. The fourth-order valence-corrected chi connectivity index (χ4v) is 1.10. The zero-order valence-corrected chi connectivity index (χ0v) is 7.56. The van der Waals surface area contributed by atoms with Gasteiger partial charge in [0.25, 0.3) is 0 Å². The summed E-state index contributed by atoms with van der Waals surface area (Å²) in [6.45, 7) is 12.7. The van der Waals surface area contributed by atoms with Crippen LogP contribution in [0.3, 0.4) is 0 Å². The van der Waals surface area contributed by atoms with E-state index < -0.39 is 0 Å². The Morgan fingerprint density at radius 3 is 2.30 bits per heavy atom. The van der Waals surface area contributed by atoms with Gasteiger partial charge < -0.3 is 4.90 Å². The van der Waals surface area contributed by atoms with Crippen molar-refractivity contribution < 1.29 is 0 Å². The van der Waals surface area contributed by atoms with Crippen LogP contribution in [-0.4, -0.2) is 24.0 Å². The van der Waals surface area contributed by atoms with Crippen molar-refractivity contribution >= 4 is 0 Å². The Bertz CT molecular complexity index is 71.1. The fourth-order valence-electron chi connectivity index (χ4n) is 1.10. The summed E-state index contributed by atoms with van der Waals surface area (Å²) in [5.41, 5.74) is 0. The second-order valence-electron chi connectivity index (χ2n) is 2.79. The maximum atomic E-state index is 3.90. The average molecular weight is 142 g/mol. The predicted octanol–water partition coefficient (Wildman–Crippen LogP) is 2.33. The van der Waals surface area contributed by atoms with Gasteiger partial charge in [-0.1, -0.05) is 13.8 Å². The lowest BCUT2D eigenvalue weighted by Gasteiger charge is -2.25. The molecule has 0 saturated heterocycles. The molecular weight excluding hydrogens is 122 g/mol. The van der Waals surface area contributed by atoms with E-state index in [0.717, 1.165) is 6.54 Å². The number of hydrogen-bond acceptors (Lipinski definition) is 1. The molecule has 0 saturated carbocycles. The van der Waals surface area contributed by atoms with Gasteiger partial charge in [-0.2, -0.15) is 0 Å². The third-order valence-electron chi connectivity index (χ3n) is 2.01. The molecule has 0 aromatic heterocycles. The molecule has 1 unspecified atom stereocenters. The first-order valence-corrected chi connectivity index (χ1v) is 4.29. The van der Waals surface area contributed by atoms with E-state index in [9.17, 15) is 0 Å². The second-order valence-corrected chi connectivity index (χ2v) is 2.79. The summed E-state index contributed by atoms with van der Waals surface area (Å²) in [5, 5.41) is 0. The van der Waals surface area contributed by atoms with E-state index in [1.807, 2.05) is 0 Å². The third-order valence-corrected chi connectivity index (χ3v) is 2.01. The molecule has 61 valence electrons. The first kappa shape index (κ1) is 9.96. The minimum absolute atomic E-state index is 0.706.